The fourth-order valence-electron chi connectivity index (χ4n) is 4.14. The predicted octanol–water partition coefficient (Wildman–Crippen LogP) is 3.95. The summed E-state index contributed by atoms with van der Waals surface area (Å²) in [7, 11) is 0. The van der Waals surface area contributed by atoms with Crippen molar-refractivity contribution in [2.45, 2.75) is 56.8 Å². The summed E-state index contributed by atoms with van der Waals surface area (Å²) in [5.41, 5.74) is 0.473. The molecule has 0 spiro atoms. The van der Waals surface area contributed by atoms with E-state index in [-0.39, 0.29) is 30.1 Å². The fraction of sp³-hybridized carbons (Fsp3) is 0.500. The predicted molar refractivity (Wildman–Crippen MR) is 114 cm³/mol. The largest absolute Gasteiger partial charge is 0.343 e. The van der Waals surface area contributed by atoms with Gasteiger partial charge in [0.1, 0.15) is 0 Å². The van der Waals surface area contributed by atoms with Gasteiger partial charge in [0.25, 0.3) is 0 Å². The van der Waals surface area contributed by atoms with Crippen LogP contribution in [0.2, 0.25) is 5.02 Å². The van der Waals surface area contributed by atoms with Crippen molar-refractivity contribution in [3.63, 3.8) is 0 Å². The summed E-state index contributed by atoms with van der Waals surface area (Å²) in [6, 6.07) is 5.34. The van der Waals surface area contributed by atoms with Gasteiger partial charge in [-0.2, -0.15) is 10.1 Å². The molecule has 3 aromatic rings. The molecule has 9 heteroatoms. The Balaban J connectivity index is 1.17. The molecule has 0 N–H and O–H groups in total. The molecule has 3 heterocycles. The lowest BCUT2D eigenvalue weighted by atomic mass is 9.79. The Hall–Kier alpha value is -2.74. The molecule has 1 aliphatic heterocycles. The second-order valence-corrected chi connectivity index (χ2v) is 9.20. The Bertz CT molecular complexity index is 1140. The molecule has 0 unspecified atom stereocenters. The smallest absolute Gasteiger partial charge is 0.247 e. The number of likely N-dealkylation sites (tertiary alicyclic amines) is 1. The highest BCUT2D eigenvalue weighted by Crippen LogP contribution is 2.41. The number of nitrogens with zero attached hydrogens (tertiary/aromatic N) is 5. The molecule has 0 bridgehead atoms. The second-order valence-electron chi connectivity index (χ2n) is 8.79. The number of carbonyl (C=O) groups excluding carboxylic acids is 2. The Morgan fingerprint density at radius 2 is 1.94 bits per heavy atom. The summed E-state index contributed by atoms with van der Waals surface area (Å²) in [5, 5.41) is 9.64. The molecule has 1 saturated carbocycles. The topological polar surface area (TPSA) is 94.1 Å². The number of hydrogen-bond acceptors (Lipinski definition) is 6. The van der Waals surface area contributed by atoms with Gasteiger partial charge in [-0.1, -0.05) is 29.7 Å². The highest BCUT2D eigenvalue weighted by Gasteiger charge is 2.39. The third-order valence-corrected chi connectivity index (χ3v) is 6.81. The van der Waals surface area contributed by atoms with E-state index in [0.717, 1.165) is 42.8 Å². The van der Waals surface area contributed by atoms with Crippen molar-refractivity contribution >= 4 is 34.3 Å². The highest BCUT2D eigenvalue weighted by molar-refractivity contribution is 6.35. The number of benzene rings is 1. The maximum Gasteiger partial charge on any atom is 0.247 e. The molecule has 0 atom stereocenters. The van der Waals surface area contributed by atoms with Crippen LogP contribution in [-0.4, -0.2) is 49.7 Å². The number of fused-ring (bicyclic) bond motifs is 1. The van der Waals surface area contributed by atoms with Gasteiger partial charge in [0, 0.05) is 42.7 Å². The second kappa shape index (κ2) is 7.75. The standard InChI is InChI=1S/C22H24ClN5O3/c1-22(21-25-20(31-26-21)14-5-6-14)9-11-27(12-10-22)18(29)7-8-19(30)28-17-4-2-3-16(23)15(17)13-24-28/h2-4,13-14H,5-12H2,1H3. The quantitative estimate of drug-likeness (QED) is 0.595. The van der Waals surface area contributed by atoms with Crippen LogP contribution >= 0.6 is 11.6 Å². The lowest BCUT2D eigenvalue weighted by molar-refractivity contribution is -0.132. The zero-order valence-electron chi connectivity index (χ0n) is 17.4. The molecule has 1 aliphatic carbocycles. The number of piperidine rings is 1. The normalized spacial score (nSPS) is 18.5. The minimum atomic E-state index is -0.216. The van der Waals surface area contributed by atoms with E-state index in [2.05, 4.69) is 22.2 Å². The summed E-state index contributed by atoms with van der Waals surface area (Å²) in [6.07, 6.45) is 5.64. The van der Waals surface area contributed by atoms with Gasteiger partial charge in [-0.15, -0.1) is 0 Å². The first-order chi connectivity index (χ1) is 14.9. The van der Waals surface area contributed by atoms with Crippen molar-refractivity contribution in [1.82, 2.24) is 24.8 Å². The molecule has 162 valence electrons. The van der Waals surface area contributed by atoms with Gasteiger partial charge in [0.2, 0.25) is 17.7 Å². The molecule has 5 rings (SSSR count). The van der Waals surface area contributed by atoms with Crippen LogP contribution in [0.3, 0.4) is 0 Å². The average Bonchev–Trinajstić information content (AvgIpc) is 3.32. The zero-order valence-corrected chi connectivity index (χ0v) is 18.1. The molecule has 31 heavy (non-hydrogen) atoms. The minimum absolute atomic E-state index is 0.0170. The van der Waals surface area contributed by atoms with E-state index in [1.165, 1.54) is 4.68 Å². The number of carbonyl (C=O) groups is 2. The van der Waals surface area contributed by atoms with Gasteiger partial charge in [-0.05, 0) is 37.8 Å². The number of aromatic nitrogens is 4. The molecule has 2 aromatic heterocycles. The van der Waals surface area contributed by atoms with E-state index >= 15 is 0 Å². The van der Waals surface area contributed by atoms with E-state index < -0.39 is 0 Å². The van der Waals surface area contributed by atoms with Gasteiger partial charge >= 0.3 is 0 Å². The minimum Gasteiger partial charge on any atom is -0.343 e. The van der Waals surface area contributed by atoms with Crippen LogP contribution in [0, 0.1) is 0 Å². The van der Waals surface area contributed by atoms with E-state index in [9.17, 15) is 9.59 Å². The van der Waals surface area contributed by atoms with E-state index in [4.69, 9.17) is 16.1 Å². The number of halogens is 1. The lowest BCUT2D eigenvalue weighted by Gasteiger charge is -2.37. The number of rotatable bonds is 5. The van der Waals surface area contributed by atoms with Gasteiger partial charge in [-0.25, -0.2) is 4.68 Å². The molecule has 1 amide bonds. The Labute approximate surface area is 184 Å². The third kappa shape index (κ3) is 3.84. The SMILES string of the molecule is CC1(c2noc(C3CC3)n2)CCN(C(=O)CCC(=O)n2ncc3c(Cl)cccc32)CC1. The maximum atomic E-state index is 12.7. The van der Waals surface area contributed by atoms with E-state index in [0.29, 0.717) is 29.5 Å². The molecule has 2 fully saturated rings. The van der Waals surface area contributed by atoms with Crippen molar-refractivity contribution in [3.05, 3.63) is 41.1 Å². The summed E-state index contributed by atoms with van der Waals surface area (Å²) >= 11 is 6.15. The van der Waals surface area contributed by atoms with E-state index in [1.54, 1.807) is 24.4 Å². The molecular formula is C22H24ClN5O3. The highest BCUT2D eigenvalue weighted by atomic mass is 35.5. The lowest BCUT2D eigenvalue weighted by Crippen LogP contribution is -2.44. The summed E-state index contributed by atoms with van der Waals surface area (Å²) in [5.74, 6) is 1.71. The molecule has 1 aromatic carbocycles. The van der Waals surface area contributed by atoms with Gasteiger partial charge in [0.15, 0.2) is 5.82 Å². The van der Waals surface area contributed by atoms with Gasteiger partial charge in [-0.3, -0.25) is 9.59 Å². The monoisotopic (exact) mass is 441 g/mol. The van der Waals surface area contributed by atoms with E-state index in [1.807, 2.05) is 4.90 Å². The van der Waals surface area contributed by atoms with Gasteiger partial charge in [0.05, 0.1) is 16.7 Å². The Morgan fingerprint density at radius 1 is 1.19 bits per heavy atom. The summed E-state index contributed by atoms with van der Waals surface area (Å²) in [6.45, 7) is 3.38. The van der Waals surface area contributed by atoms with Crippen LogP contribution in [0.5, 0.6) is 0 Å². The fourth-order valence-corrected chi connectivity index (χ4v) is 4.36. The zero-order chi connectivity index (χ0) is 21.6. The molecular weight excluding hydrogens is 418 g/mol. The van der Waals surface area contributed by atoms with Crippen LogP contribution in [0.25, 0.3) is 10.9 Å². The van der Waals surface area contributed by atoms with Crippen LogP contribution < -0.4 is 0 Å². The first kappa shape index (κ1) is 20.2. The molecule has 2 aliphatic rings. The Kier molecular flexibility index (Phi) is 5.04. The van der Waals surface area contributed by atoms with Crippen molar-refractivity contribution in [2.24, 2.45) is 0 Å². The Morgan fingerprint density at radius 3 is 2.68 bits per heavy atom. The maximum absolute atomic E-state index is 12.7. The summed E-state index contributed by atoms with van der Waals surface area (Å²) in [4.78, 5) is 31.8. The first-order valence-corrected chi connectivity index (χ1v) is 11.1. The third-order valence-electron chi connectivity index (χ3n) is 6.48. The first-order valence-electron chi connectivity index (χ1n) is 10.7. The average molecular weight is 442 g/mol. The van der Waals surface area contributed by atoms with Crippen molar-refractivity contribution in [1.29, 1.82) is 0 Å². The molecule has 8 nitrogen and oxygen atoms in total. The van der Waals surface area contributed by atoms with Crippen LogP contribution in [0.1, 0.15) is 67.9 Å². The number of amides is 1. The molecule has 0 radical (unpaired) electrons. The van der Waals surface area contributed by atoms with Crippen molar-refractivity contribution < 1.29 is 14.1 Å². The molecule has 1 saturated heterocycles. The van der Waals surface area contributed by atoms with Crippen LogP contribution in [0.4, 0.5) is 0 Å². The van der Waals surface area contributed by atoms with Crippen LogP contribution in [0.15, 0.2) is 28.9 Å². The number of hydrogen-bond donors (Lipinski definition) is 0. The van der Waals surface area contributed by atoms with Gasteiger partial charge < -0.3 is 9.42 Å². The van der Waals surface area contributed by atoms with Crippen molar-refractivity contribution in [3.8, 4) is 0 Å². The van der Waals surface area contributed by atoms with Crippen molar-refractivity contribution in [2.75, 3.05) is 13.1 Å². The summed E-state index contributed by atoms with van der Waals surface area (Å²) < 4.78 is 6.75. The van der Waals surface area contributed by atoms with Crippen LogP contribution in [-0.2, 0) is 10.2 Å².